The molecule has 2 aromatic carbocycles. The Morgan fingerprint density at radius 2 is 1.91 bits per heavy atom. The molecule has 0 saturated carbocycles. The summed E-state index contributed by atoms with van der Waals surface area (Å²) < 4.78 is 15.3. The van der Waals surface area contributed by atoms with Gasteiger partial charge in [-0.05, 0) is 78.3 Å². The van der Waals surface area contributed by atoms with Gasteiger partial charge in [0.15, 0.2) is 0 Å². The van der Waals surface area contributed by atoms with E-state index in [0.29, 0.717) is 12.5 Å². The van der Waals surface area contributed by atoms with Gasteiger partial charge in [-0.3, -0.25) is 0 Å². The minimum absolute atomic E-state index is 0.514. The van der Waals surface area contributed by atoms with Crippen LogP contribution >= 0.6 is 11.9 Å². The van der Waals surface area contributed by atoms with Gasteiger partial charge >= 0.3 is 0 Å². The standard InChI is InChI=1S/C29H39NO2S/c1-9-20(4)19-32-25-15-16-27(28(18-25)31-7)29(26(11-3)21(5)10-2)22(6)23-13-12-14-24(17-23)30-33-8/h10,12-18,20,30H,2,9,11,19H2,1,3-8H3/b26-21+,29-22+. The van der Waals surface area contributed by atoms with Gasteiger partial charge in [0, 0.05) is 23.6 Å². The number of rotatable bonds is 12. The average Bonchev–Trinajstić information content (AvgIpc) is 2.85. The smallest absolute Gasteiger partial charge is 0.130 e. The number of allylic oxidation sites excluding steroid dienone is 5. The van der Waals surface area contributed by atoms with E-state index < -0.39 is 0 Å². The molecular formula is C29H39NO2S. The van der Waals surface area contributed by atoms with E-state index in [4.69, 9.17) is 9.47 Å². The molecule has 0 spiro atoms. The number of anilines is 1. The molecule has 0 fully saturated rings. The number of methoxy groups -OCH3 is 1. The van der Waals surface area contributed by atoms with Crippen molar-refractivity contribution in [1.29, 1.82) is 0 Å². The second-order valence-electron chi connectivity index (χ2n) is 8.29. The maximum Gasteiger partial charge on any atom is 0.130 e. The predicted octanol–water partition coefficient (Wildman–Crippen LogP) is 8.65. The number of ether oxygens (including phenoxy) is 2. The molecule has 1 unspecified atom stereocenters. The van der Waals surface area contributed by atoms with Crippen LogP contribution in [-0.2, 0) is 0 Å². The van der Waals surface area contributed by atoms with E-state index in [1.54, 1.807) is 19.1 Å². The van der Waals surface area contributed by atoms with Gasteiger partial charge < -0.3 is 14.2 Å². The molecular weight excluding hydrogens is 426 g/mol. The maximum absolute atomic E-state index is 6.04. The molecule has 0 aliphatic carbocycles. The van der Waals surface area contributed by atoms with Crippen molar-refractivity contribution in [3.8, 4) is 11.5 Å². The van der Waals surface area contributed by atoms with Crippen molar-refractivity contribution in [3.05, 3.63) is 77.4 Å². The van der Waals surface area contributed by atoms with Gasteiger partial charge in [-0.25, -0.2) is 0 Å². The zero-order valence-corrected chi connectivity index (χ0v) is 22.1. The van der Waals surface area contributed by atoms with E-state index in [1.807, 2.05) is 18.4 Å². The van der Waals surface area contributed by atoms with Gasteiger partial charge in [-0.2, -0.15) is 0 Å². The van der Waals surface area contributed by atoms with Gasteiger partial charge in [-0.1, -0.05) is 63.9 Å². The van der Waals surface area contributed by atoms with Crippen molar-refractivity contribution < 1.29 is 9.47 Å². The summed E-state index contributed by atoms with van der Waals surface area (Å²) >= 11 is 1.59. The molecule has 0 bridgehead atoms. The summed E-state index contributed by atoms with van der Waals surface area (Å²) in [5.41, 5.74) is 8.13. The highest BCUT2D eigenvalue weighted by Gasteiger charge is 2.19. The van der Waals surface area contributed by atoms with Gasteiger partial charge in [0.1, 0.15) is 11.5 Å². The third-order valence-corrected chi connectivity index (χ3v) is 6.44. The lowest BCUT2D eigenvalue weighted by Crippen LogP contribution is -2.07. The summed E-state index contributed by atoms with van der Waals surface area (Å²) in [6.07, 6.45) is 5.95. The summed E-state index contributed by atoms with van der Waals surface area (Å²) in [6.45, 7) is 15.6. The van der Waals surface area contributed by atoms with E-state index in [9.17, 15) is 0 Å². The molecule has 0 radical (unpaired) electrons. The lowest BCUT2D eigenvalue weighted by molar-refractivity contribution is 0.255. The molecule has 0 amide bonds. The van der Waals surface area contributed by atoms with E-state index in [0.717, 1.165) is 35.6 Å². The van der Waals surface area contributed by atoms with E-state index in [-0.39, 0.29) is 0 Å². The van der Waals surface area contributed by atoms with Crippen molar-refractivity contribution >= 4 is 28.8 Å². The summed E-state index contributed by atoms with van der Waals surface area (Å²) in [4.78, 5) is 0. The minimum Gasteiger partial charge on any atom is -0.496 e. The SMILES string of the molecule is C=C/C(C)=C(CC)/C(=C(/C)c1cccc(NSC)c1)c1ccc(OCC(C)CC)cc1OC. The first-order valence-electron chi connectivity index (χ1n) is 11.6. The Labute approximate surface area is 205 Å². The Kier molecular flexibility index (Phi) is 10.7. The first-order valence-corrected chi connectivity index (χ1v) is 12.9. The highest BCUT2D eigenvalue weighted by Crippen LogP contribution is 2.41. The van der Waals surface area contributed by atoms with Crippen molar-refractivity contribution in [3.63, 3.8) is 0 Å². The number of hydrogen-bond donors (Lipinski definition) is 1. The average molecular weight is 466 g/mol. The van der Waals surface area contributed by atoms with Crippen molar-refractivity contribution in [2.75, 3.05) is 24.7 Å². The second-order valence-corrected chi connectivity index (χ2v) is 8.91. The lowest BCUT2D eigenvalue weighted by atomic mass is 9.86. The van der Waals surface area contributed by atoms with Crippen LogP contribution < -0.4 is 14.2 Å². The van der Waals surface area contributed by atoms with E-state index >= 15 is 0 Å². The topological polar surface area (TPSA) is 30.5 Å². The molecule has 4 heteroatoms. The fraction of sp³-hybridized carbons (Fsp3) is 0.379. The van der Waals surface area contributed by atoms with Crippen LogP contribution in [0.3, 0.4) is 0 Å². The zero-order valence-electron chi connectivity index (χ0n) is 21.2. The number of benzene rings is 2. The molecule has 0 saturated heterocycles. The fourth-order valence-corrected chi connectivity index (χ4v) is 4.13. The van der Waals surface area contributed by atoms with Crippen LogP contribution in [0, 0.1) is 5.92 Å². The van der Waals surface area contributed by atoms with Crippen LogP contribution in [0.5, 0.6) is 11.5 Å². The molecule has 178 valence electrons. The second kappa shape index (κ2) is 13.2. The highest BCUT2D eigenvalue weighted by atomic mass is 32.2. The number of hydrogen-bond acceptors (Lipinski definition) is 4. The van der Waals surface area contributed by atoms with Crippen LogP contribution in [0.25, 0.3) is 11.1 Å². The largest absolute Gasteiger partial charge is 0.496 e. The third-order valence-electron chi connectivity index (χ3n) is 6.00. The summed E-state index contributed by atoms with van der Waals surface area (Å²) in [6, 6.07) is 14.7. The highest BCUT2D eigenvalue weighted by molar-refractivity contribution is 7.99. The van der Waals surface area contributed by atoms with Gasteiger partial charge in [0.25, 0.3) is 0 Å². The van der Waals surface area contributed by atoms with Crippen molar-refractivity contribution in [2.45, 2.75) is 47.5 Å². The van der Waals surface area contributed by atoms with Crippen LogP contribution in [0.2, 0.25) is 0 Å². The maximum atomic E-state index is 6.04. The number of nitrogens with one attached hydrogen (secondary N) is 1. The molecule has 1 atom stereocenters. The zero-order chi connectivity index (χ0) is 24.4. The van der Waals surface area contributed by atoms with Crippen LogP contribution in [0.1, 0.15) is 58.6 Å². The molecule has 0 aliphatic heterocycles. The fourth-order valence-electron chi connectivity index (χ4n) is 3.77. The molecule has 0 aliphatic rings. The lowest BCUT2D eigenvalue weighted by Gasteiger charge is -2.21. The Morgan fingerprint density at radius 3 is 2.52 bits per heavy atom. The van der Waals surface area contributed by atoms with Crippen molar-refractivity contribution in [1.82, 2.24) is 0 Å². The Hall–Kier alpha value is -2.59. The van der Waals surface area contributed by atoms with Crippen LogP contribution in [-0.4, -0.2) is 20.0 Å². The van der Waals surface area contributed by atoms with Gasteiger partial charge in [0.2, 0.25) is 0 Å². The van der Waals surface area contributed by atoms with E-state index in [1.165, 1.54) is 27.9 Å². The van der Waals surface area contributed by atoms with Crippen LogP contribution in [0.15, 0.2) is 66.3 Å². The van der Waals surface area contributed by atoms with Gasteiger partial charge in [0.05, 0.1) is 13.7 Å². The first kappa shape index (κ1) is 26.7. The third kappa shape index (κ3) is 6.94. The first-order chi connectivity index (χ1) is 15.9. The Morgan fingerprint density at radius 1 is 1.15 bits per heavy atom. The van der Waals surface area contributed by atoms with Crippen molar-refractivity contribution in [2.24, 2.45) is 5.92 Å². The molecule has 33 heavy (non-hydrogen) atoms. The Balaban J connectivity index is 2.70. The monoisotopic (exact) mass is 465 g/mol. The summed E-state index contributed by atoms with van der Waals surface area (Å²) in [5.74, 6) is 2.16. The molecule has 1 N–H and O–H groups in total. The van der Waals surface area contributed by atoms with E-state index in [2.05, 4.69) is 82.3 Å². The Bertz CT molecular complexity index is 1010. The quantitative estimate of drug-likeness (QED) is 0.193. The molecule has 3 nitrogen and oxygen atoms in total. The molecule has 0 aromatic heterocycles. The normalized spacial score (nSPS) is 13.5. The van der Waals surface area contributed by atoms with Crippen LogP contribution in [0.4, 0.5) is 5.69 Å². The summed E-state index contributed by atoms with van der Waals surface area (Å²) in [7, 11) is 1.73. The molecule has 2 rings (SSSR count). The molecule has 0 heterocycles. The minimum atomic E-state index is 0.514. The van der Waals surface area contributed by atoms with Gasteiger partial charge in [-0.15, -0.1) is 0 Å². The molecule has 2 aromatic rings. The summed E-state index contributed by atoms with van der Waals surface area (Å²) in [5, 5.41) is 0. The predicted molar refractivity (Wildman–Crippen MR) is 147 cm³/mol.